The highest BCUT2D eigenvalue weighted by Gasteiger charge is 2.29. The average Bonchev–Trinajstić information content (AvgIpc) is 2.52. The largest absolute Gasteiger partial charge is 0.427 e. The number of carbonyl (C=O) groups excluding carboxylic acids is 3. The zero-order valence-electron chi connectivity index (χ0n) is 13.2. The lowest BCUT2D eigenvalue weighted by Gasteiger charge is -2.28. The molecule has 124 valence electrons. The normalized spacial score (nSPS) is 16.4. The van der Waals surface area contributed by atoms with E-state index in [-0.39, 0.29) is 5.92 Å². The molecule has 0 unspecified atom stereocenters. The summed E-state index contributed by atoms with van der Waals surface area (Å²) in [7, 11) is 0. The van der Waals surface area contributed by atoms with E-state index in [2.05, 4.69) is 5.32 Å². The van der Waals surface area contributed by atoms with Gasteiger partial charge in [0.2, 0.25) is 5.91 Å². The van der Waals surface area contributed by atoms with Crippen molar-refractivity contribution in [1.29, 1.82) is 0 Å². The maximum Gasteiger partial charge on any atom is 0.308 e. The molecule has 1 aliphatic carbocycles. The molecule has 1 aromatic carbocycles. The van der Waals surface area contributed by atoms with Gasteiger partial charge in [0.1, 0.15) is 11.8 Å². The first-order chi connectivity index (χ1) is 11.0. The van der Waals surface area contributed by atoms with Gasteiger partial charge in [-0.2, -0.15) is 0 Å². The highest BCUT2D eigenvalue weighted by molar-refractivity contribution is 5.97. The number of hydrogen-bond donors (Lipinski definition) is 2. The Balaban J connectivity index is 2.09. The van der Waals surface area contributed by atoms with Crippen LogP contribution < -0.4 is 15.8 Å². The molecule has 23 heavy (non-hydrogen) atoms. The third-order valence-corrected chi connectivity index (χ3v) is 4.07. The lowest BCUT2D eigenvalue weighted by atomic mass is 9.83. The molecule has 1 fully saturated rings. The van der Waals surface area contributed by atoms with Crippen molar-refractivity contribution >= 4 is 17.8 Å². The summed E-state index contributed by atoms with van der Waals surface area (Å²) in [6, 6.07) is 5.61. The van der Waals surface area contributed by atoms with Gasteiger partial charge in [-0.25, -0.2) is 0 Å². The molecule has 1 aliphatic rings. The van der Waals surface area contributed by atoms with Crippen LogP contribution in [-0.2, 0) is 9.59 Å². The Morgan fingerprint density at radius 3 is 2.52 bits per heavy atom. The van der Waals surface area contributed by atoms with Gasteiger partial charge >= 0.3 is 5.97 Å². The van der Waals surface area contributed by atoms with E-state index in [1.54, 1.807) is 18.2 Å². The first kappa shape index (κ1) is 17.0. The smallest absolute Gasteiger partial charge is 0.308 e. The fourth-order valence-corrected chi connectivity index (χ4v) is 2.98. The zero-order chi connectivity index (χ0) is 16.8. The van der Waals surface area contributed by atoms with Crippen LogP contribution in [0.4, 0.5) is 0 Å². The minimum absolute atomic E-state index is 0.0850. The Hall–Kier alpha value is -2.37. The molecule has 0 spiro atoms. The fraction of sp³-hybridized carbons (Fsp3) is 0.471. The van der Waals surface area contributed by atoms with Crippen molar-refractivity contribution in [3.63, 3.8) is 0 Å². The van der Waals surface area contributed by atoms with E-state index < -0.39 is 23.8 Å². The van der Waals surface area contributed by atoms with Gasteiger partial charge in [0.15, 0.2) is 0 Å². The molecule has 2 rings (SSSR count). The maximum absolute atomic E-state index is 12.4. The van der Waals surface area contributed by atoms with Gasteiger partial charge < -0.3 is 15.8 Å². The van der Waals surface area contributed by atoms with Crippen LogP contribution in [0.15, 0.2) is 24.3 Å². The minimum Gasteiger partial charge on any atom is -0.427 e. The second-order valence-corrected chi connectivity index (χ2v) is 5.87. The molecule has 0 aliphatic heterocycles. The van der Waals surface area contributed by atoms with Crippen LogP contribution in [0.3, 0.4) is 0 Å². The third kappa shape index (κ3) is 4.81. The predicted molar refractivity (Wildman–Crippen MR) is 84.8 cm³/mol. The van der Waals surface area contributed by atoms with Gasteiger partial charge in [-0.15, -0.1) is 0 Å². The standard InChI is InChI=1S/C17H22N2O4/c1-11(20)23-14-9-5-8-13(10-14)17(22)19-15(16(18)21)12-6-3-2-4-7-12/h5,8-10,12,15H,2-4,6-7H2,1H3,(H2,18,21)(H,19,22)/t15-/m1/s1. The van der Waals surface area contributed by atoms with Crippen LogP contribution in [0, 0.1) is 5.92 Å². The van der Waals surface area contributed by atoms with Gasteiger partial charge in [0, 0.05) is 12.5 Å². The molecule has 1 saturated carbocycles. The minimum atomic E-state index is -0.666. The number of hydrogen-bond acceptors (Lipinski definition) is 4. The zero-order valence-corrected chi connectivity index (χ0v) is 13.2. The molecule has 2 amide bonds. The van der Waals surface area contributed by atoms with Crippen LogP contribution in [0.2, 0.25) is 0 Å². The van der Waals surface area contributed by atoms with Crippen LogP contribution >= 0.6 is 0 Å². The van der Waals surface area contributed by atoms with Crippen molar-refractivity contribution in [2.24, 2.45) is 11.7 Å². The van der Waals surface area contributed by atoms with Crippen molar-refractivity contribution in [2.75, 3.05) is 0 Å². The first-order valence-corrected chi connectivity index (χ1v) is 7.86. The number of primary amides is 1. The molecule has 3 N–H and O–H groups in total. The first-order valence-electron chi connectivity index (χ1n) is 7.86. The van der Waals surface area contributed by atoms with Crippen LogP contribution in [0.1, 0.15) is 49.4 Å². The number of carbonyl (C=O) groups is 3. The molecule has 0 bridgehead atoms. The highest BCUT2D eigenvalue weighted by atomic mass is 16.5. The Morgan fingerprint density at radius 1 is 1.22 bits per heavy atom. The second kappa shape index (κ2) is 7.76. The van der Waals surface area contributed by atoms with Gasteiger partial charge in [-0.1, -0.05) is 25.3 Å². The summed E-state index contributed by atoms with van der Waals surface area (Å²) in [6.45, 7) is 1.29. The summed E-state index contributed by atoms with van der Waals surface area (Å²) in [5, 5.41) is 2.73. The lowest BCUT2D eigenvalue weighted by molar-refractivity contribution is -0.131. The molecule has 1 aromatic rings. The van der Waals surface area contributed by atoms with Gasteiger partial charge in [0.25, 0.3) is 5.91 Å². The Labute approximate surface area is 135 Å². The molecule has 6 nitrogen and oxygen atoms in total. The molecular formula is C17H22N2O4. The van der Waals surface area contributed by atoms with E-state index in [0.717, 1.165) is 32.1 Å². The van der Waals surface area contributed by atoms with Crippen LogP contribution in [0.5, 0.6) is 5.75 Å². The molecule has 1 atom stereocenters. The van der Waals surface area contributed by atoms with E-state index in [4.69, 9.17) is 10.5 Å². The molecule has 0 saturated heterocycles. The van der Waals surface area contributed by atoms with Crippen molar-refractivity contribution < 1.29 is 19.1 Å². The number of rotatable bonds is 5. The van der Waals surface area contributed by atoms with Crippen molar-refractivity contribution in [1.82, 2.24) is 5.32 Å². The average molecular weight is 318 g/mol. The monoisotopic (exact) mass is 318 g/mol. The van der Waals surface area contributed by atoms with E-state index >= 15 is 0 Å². The third-order valence-electron chi connectivity index (χ3n) is 4.07. The van der Waals surface area contributed by atoms with Gasteiger partial charge in [-0.3, -0.25) is 14.4 Å². The quantitative estimate of drug-likeness (QED) is 0.638. The van der Waals surface area contributed by atoms with Crippen molar-refractivity contribution in [3.05, 3.63) is 29.8 Å². The molecular weight excluding hydrogens is 296 g/mol. The highest BCUT2D eigenvalue weighted by Crippen LogP contribution is 2.26. The van der Waals surface area contributed by atoms with Crippen LogP contribution in [-0.4, -0.2) is 23.8 Å². The Morgan fingerprint density at radius 2 is 1.91 bits per heavy atom. The summed E-state index contributed by atoms with van der Waals surface area (Å²) in [6.07, 6.45) is 5.03. The Kier molecular flexibility index (Phi) is 5.73. The Bertz CT molecular complexity index is 594. The number of ether oxygens (including phenoxy) is 1. The number of esters is 1. The summed E-state index contributed by atoms with van der Waals surface area (Å²) < 4.78 is 4.96. The number of amides is 2. The summed E-state index contributed by atoms with van der Waals surface area (Å²) in [5.74, 6) is -0.991. The summed E-state index contributed by atoms with van der Waals surface area (Å²) in [4.78, 5) is 35.1. The van der Waals surface area contributed by atoms with E-state index in [9.17, 15) is 14.4 Å². The summed E-state index contributed by atoms with van der Waals surface area (Å²) in [5.41, 5.74) is 5.79. The molecule has 0 aromatic heterocycles. The van der Waals surface area contributed by atoms with E-state index in [0.29, 0.717) is 11.3 Å². The molecule has 6 heteroatoms. The predicted octanol–water partition coefficient (Wildman–Crippen LogP) is 1.78. The topological polar surface area (TPSA) is 98.5 Å². The number of nitrogens with two attached hydrogens (primary N) is 1. The maximum atomic E-state index is 12.4. The number of nitrogens with one attached hydrogen (secondary N) is 1. The van der Waals surface area contributed by atoms with E-state index in [1.165, 1.54) is 13.0 Å². The summed E-state index contributed by atoms with van der Waals surface area (Å²) >= 11 is 0. The fourth-order valence-electron chi connectivity index (χ4n) is 2.98. The molecule has 0 radical (unpaired) electrons. The van der Waals surface area contributed by atoms with Crippen molar-refractivity contribution in [2.45, 2.75) is 45.1 Å². The number of benzene rings is 1. The van der Waals surface area contributed by atoms with E-state index in [1.807, 2.05) is 0 Å². The lowest BCUT2D eigenvalue weighted by Crippen LogP contribution is -2.49. The van der Waals surface area contributed by atoms with Gasteiger partial charge in [-0.05, 0) is 37.0 Å². The van der Waals surface area contributed by atoms with Crippen molar-refractivity contribution in [3.8, 4) is 5.75 Å². The van der Waals surface area contributed by atoms with Crippen LogP contribution in [0.25, 0.3) is 0 Å². The SMILES string of the molecule is CC(=O)Oc1cccc(C(=O)N[C@@H](C(N)=O)C2CCCCC2)c1. The van der Waals surface area contributed by atoms with Gasteiger partial charge in [0.05, 0.1) is 0 Å². The molecule has 0 heterocycles. The second-order valence-electron chi connectivity index (χ2n) is 5.87.